The number of carbonyl (C=O) groups excluding carboxylic acids is 2. The number of benzene rings is 3. The zero-order valence-corrected chi connectivity index (χ0v) is 21.8. The number of hydrogen-bond acceptors (Lipinski definition) is 5. The lowest BCUT2D eigenvalue weighted by atomic mass is 10.0. The molecular weight excluding hydrogens is 468 g/mol. The van der Waals surface area contributed by atoms with Crippen molar-refractivity contribution in [2.45, 2.75) is 52.0 Å². The Balaban J connectivity index is 1.35. The fourth-order valence-electron chi connectivity index (χ4n) is 4.45. The molecule has 2 N–H and O–H groups in total. The third kappa shape index (κ3) is 6.30. The minimum Gasteiger partial charge on any atom is -0.444 e. The molecule has 0 aromatic heterocycles. The Morgan fingerprint density at radius 2 is 1.57 bits per heavy atom. The lowest BCUT2D eigenvalue weighted by Gasteiger charge is -2.22. The maximum Gasteiger partial charge on any atom is 0.410 e. The molecule has 7 nitrogen and oxygen atoms in total. The van der Waals surface area contributed by atoms with Gasteiger partial charge in [-0.2, -0.15) is 0 Å². The molecule has 2 amide bonds. The van der Waals surface area contributed by atoms with Crippen molar-refractivity contribution in [3.05, 3.63) is 94.5 Å². The highest BCUT2D eigenvalue weighted by Crippen LogP contribution is 2.45. The van der Waals surface area contributed by atoms with Gasteiger partial charge < -0.3 is 24.8 Å². The van der Waals surface area contributed by atoms with Gasteiger partial charge in [0.1, 0.15) is 5.60 Å². The van der Waals surface area contributed by atoms with Crippen LogP contribution in [0.25, 0.3) is 11.1 Å². The van der Waals surface area contributed by atoms with Crippen molar-refractivity contribution in [2.75, 3.05) is 13.6 Å². The van der Waals surface area contributed by atoms with Crippen molar-refractivity contribution in [3.63, 3.8) is 0 Å². The van der Waals surface area contributed by atoms with Crippen LogP contribution in [0.4, 0.5) is 9.59 Å². The Kier molecular flexibility index (Phi) is 7.83. The number of fused-ring (bicyclic) bond motifs is 3. The average Bonchev–Trinajstić information content (AvgIpc) is 3.18. The van der Waals surface area contributed by atoms with E-state index in [0.717, 1.165) is 38.9 Å². The molecule has 0 radical (unpaired) electrons. The molecule has 1 aliphatic rings. The van der Waals surface area contributed by atoms with E-state index in [0.29, 0.717) is 13.0 Å². The largest absolute Gasteiger partial charge is 0.444 e. The van der Waals surface area contributed by atoms with Gasteiger partial charge in [-0.25, -0.2) is 9.59 Å². The number of ether oxygens (including phenoxy) is 2. The number of rotatable bonds is 7. The second-order valence-electron chi connectivity index (χ2n) is 10.2. The summed E-state index contributed by atoms with van der Waals surface area (Å²) in [5.74, 6) is 0. The maximum atomic E-state index is 13.0. The van der Waals surface area contributed by atoms with Crippen LogP contribution in [0.1, 0.15) is 54.7 Å². The van der Waals surface area contributed by atoms with Crippen LogP contribution < -0.4 is 5.32 Å². The predicted molar refractivity (Wildman–Crippen MR) is 142 cm³/mol. The lowest BCUT2D eigenvalue weighted by Crippen LogP contribution is -2.32. The summed E-state index contributed by atoms with van der Waals surface area (Å²) in [6.07, 6.45) is -0.735. The first kappa shape index (κ1) is 26.2. The Labute approximate surface area is 218 Å². The second kappa shape index (κ2) is 11.0. The first-order valence-electron chi connectivity index (χ1n) is 12.4. The van der Waals surface area contributed by atoms with Crippen LogP contribution in [-0.4, -0.2) is 41.4 Å². The van der Waals surface area contributed by atoms with Crippen molar-refractivity contribution in [3.8, 4) is 11.1 Å². The number of carbonyl (C=O) groups is 2. The molecule has 3 aromatic rings. The average molecular weight is 503 g/mol. The molecular formula is C30H34N2O5. The van der Waals surface area contributed by atoms with E-state index >= 15 is 0 Å². The standard InChI is InChI=1S/C30H34N2O5/c1-30(2,3)37-28(34)31-18-21-14-13-20(17-22(21)19-33)15-16-32(4)29(35)36-27-25-11-7-5-9-23(25)24-10-6-8-12-26(24)27/h5-14,17,27,33H,15-16,18-19H2,1-4H3,(H,31,34). The van der Waals surface area contributed by atoms with E-state index in [1.165, 1.54) is 0 Å². The second-order valence-corrected chi connectivity index (χ2v) is 10.2. The summed E-state index contributed by atoms with van der Waals surface area (Å²) in [5.41, 5.74) is 6.10. The summed E-state index contributed by atoms with van der Waals surface area (Å²) < 4.78 is 11.2. The topological polar surface area (TPSA) is 88.1 Å². The number of nitrogens with one attached hydrogen (secondary N) is 1. The monoisotopic (exact) mass is 502 g/mol. The number of nitrogens with zero attached hydrogens (tertiary/aromatic N) is 1. The molecule has 3 aromatic carbocycles. The highest BCUT2D eigenvalue weighted by molar-refractivity contribution is 5.79. The van der Waals surface area contributed by atoms with Crippen LogP contribution in [0.15, 0.2) is 66.7 Å². The first-order chi connectivity index (χ1) is 17.7. The number of alkyl carbamates (subject to hydrolysis) is 1. The summed E-state index contributed by atoms with van der Waals surface area (Å²) in [4.78, 5) is 26.5. The van der Waals surface area contributed by atoms with Gasteiger partial charge in [0.05, 0.1) is 6.61 Å². The minimum atomic E-state index is -0.578. The normalized spacial score (nSPS) is 12.5. The molecule has 0 saturated heterocycles. The van der Waals surface area contributed by atoms with Crippen LogP contribution in [0.2, 0.25) is 0 Å². The maximum absolute atomic E-state index is 13.0. The molecule has 1 aliphatic carbocycles. The SMILES string of the molecule is CN(CCc1ccc(CNC(=O)OC(C)(C)C)c(CO)c1)C(=O)OC1c2ccccc2-c2ccccc21. The lowest BCUT2D eigenvalue weighted by molar-refractivity contribution is 0.0523. The Morgan fingerprint density at radius 3 is 2.16 bits per heavy atom. The zero-order chi connectivity index (χ0) is 26.6. The van der Waals surface area contributed by atoms with Crippen LogP contribution in [0.5, 0.6) is 0 Å². The van der Waals surface area contributed by atoms with Gasteiger partial charge in [0.15, 0.2) is 6.10 Å². The molecule has 0 bridgehead atoms. The van der Waals surface area contributed by atoms with E-state index in [1.807, 2.05) is 54.6 Å². The fraction of sp³-hybridized carbons (Fsp3) is 0.333. The summed E-state index contributed by atoms with van der Waals surface area (Å²) >= 11 is 0. The van der Waals surface area contributed by atoms with Gasteiger partial charge in [0.25, 0.3) is 0 Å². The third-order valence-electron chi connectivity index (χ3n) is 6.31. The number of aliphatic hydroxyl groups is 1. The molecule has 0 aliphatic heterocycles. The van der Waals surface area contributed by atoms with E-state index in [9.17, 15) is 14.7 Å². The molecule has 37 heavy (non-hydrogen) atoms. The van der Waals surface area contributed by atoms with E-state index < -0.39 is 23.9 Å². The molecule has 7 heteroatoms. The van der Waals surface area contributed by atoms with Gasteiger partial charge in [-0.3, -0.25) is 0 Å². The number of aliphatic hydroxyl groups excluding tert-OH is 1. The summed E-state index contributed by atoms with van der Waals surface area (Å²) in [6.45, 7) is 5.96. The van der Waals surface area contributed by atoms with Gasteiger partial charge >= 0.3 is 12.2 Å². The van der Waals surface area contributed by atoms with Crippen molar-refractivity contribution >= 4 is 12.2 Å². The Morgan fingerprint density at radius 1 is 0.946 bits per heavy atom. The van der Waals surface area contributed by atoms with Crippen molar-refractivity contribution in [1.29, 1.82) is 0 Å². The predicted octanol–water partition coefficient (Wildman–Crippen LogP) is 5.58. The van der Waals surface area contributed by atoms with Crippen LogP contribution >= 0.6 is 0 Å². The van der Waals surface area contributed by atoms with Gasteiger partial charge in [-0.05, 0) is 55.0 Å². The highest BCUT2D eigenvalue weighted by atomic mass is 16.6. The Bertz CT molecular complexity index is 1240. The smallest absolute Gasteiger partial charge is 0.410 e. The number of likely N-dealkylation sites (N-methyl/N-ethyl adjacent to an activating group) is 1. The van der Waals surface area contributed by atoms with Gasteiger partial charge in [-0.15, -0.1) is 0 Å². The van der Waals surface area contributed by atoms with Gasteiger partial charge in [-0.1, -0.05) is 66.7 Å². The van der Waals surface area contributed by atoms with E-state index in [1.54, 1.807) is 32.7 Å². The van der Waals surface area contributed by atoms with Gasteiger partial charge in [0.2, 0.25) is 0 Å². The molecule has 0 unspecified atom stereocenters. The van der Waals surface area contributed by atoms with Crippen LogP contribution in [-0.2, 0) is 29.0 Å². The molecule has 0 atom stereocenters. The van der Waals surface area contributed by atoms with Crippen molar-refractivity contribution < 1.29 is 24.2 Å². The van der Waals surface area contributed by atoms with Crippen LogP contribution in [0, 0.1) is 0 Å². The summed E-state index contributed by atoms with van der Waals surface area (Å²) in [7, 11) is 1.72. The Hall–Kier alpha value is -3.84. The van der Waals surface area contributed by atoms with Crippen molar-refractivity contribution in [1.82, 2.24) is 10.2 Å². The summed E-state index contributed by atoms with van der Waals surface area (Å²) in [6, 6.07) is 21.7. The van der Waals surface area contributed by atoms with Crippen molar-refractivity contribution in [2.24, 2.45) is 0 Å². The minimum absolute atomic E-state index is 0.155. The van der Waals surface area contributed by atoms with E-state index in [4.69, 9.17) is 9.47 Å². The first-order valence-corrected chi connectivity index (χ1v) is 12.4. The van der Waals surface area contributed by atoms with E-state index in [-0.39, 0.29) is 13.2 Å². The van der Waals surface area contributed by atoms with E-state index in [2.05, 4.69) is 17.4 Å². The fourth-order valence-corrected chi connectivity index (χ4v) is 4.45. The van der Waals surface area contributed by atoms with Gasteiger partial charge in [0, 0.05) is 31.3 Å². The molecule has 0 spiro atoms. The molecule has 0 fully saturated rings. The number of amides is 2. The summed E-state index contributed by atoms with van der Waals surface area (Å²) in [5, 5.41) is 12.6. The molecule has 0 saturated carbocycles. The third-order valence-corrected chi connectivity index (χ3v) is 6.31. The molecule has 4 rings (SSSR count). The highest BCUT2D eigenvalue weighted by Gasteiger charge is 2.31. The molecule has 0 heterocycles. The number of hydrogen-bond donors (Lipinski definition) is 2. The zero-order valence-electron chi connectivity index (χ0n) is 21.8. The van der Waals surface area contributed by atoms with Crippen LogP contribution in [0.3, 0.4) is 0 Å². The molecule has 194 valence electrons. The quantitative estimate of drug-likeness (QED) is 0.440.